The summed E-state index contributed by atoms with van der Waals surface area (Å²) in [5.74, 6) is 4.37. The third kappa shape index (κ3) is 4.32. The summed E-state index contributed by atoms with van der Waals surface area (Å²) < 4.78 is 12.3. The van der Waals surface area contributed by atoms with Crippen molar-refractivity contribution in [1.29, 1.82) is 0 Å². The molecule has 0 radical (unpaired) electrons. The predicted molar refractivity (Wildman–Crippen MR) is 141 cm³/mol. The number of hydrogen-bond donors (Lipinski definition) is 1. The number of nitrogens with one attached hydrogen (secondary N) is 1. The van der Waals surface area contributed by atoms with Crippen LogP contribution in [0.1, 0.15) is 99.3 Å². The van der Waals surface area contributed by atoms with Crippen LogP contribution >= 0.6 is 0 Å². The minimum Gasteiger partial charge on any atom is -0.494 e. The normalized spacial score (nSPS) is 41.8. The van der Waals surface area contributed by atoms with Gasteiger partial charge >= 0.3 is 5.97 Å². The minimum absolute atomic E-state index is 0.0504. The highest BCUT2D eigenvalue weighted by Crippen LogP contribution is 2.69. The Morgan fingerprint density at radius 1 is 1.19 bits per heavy atom. The fraction of sp³-hybridized carbons (Fsp3) is 0.806. The van der Waals surface area contributed by atoms with Crippen LogP contribution in [0.25, 0.3) is 0 Å². The average Bonchev–Trinajstić information content (AvgIpc) is 3.29. The van der Waals surface area contributed by atoms with Crippen LogP contribution in [0, 0.1) is 40.4 Å². The molecule has 3 saturated carbocycles. The Balaban J connectivity index is 1.29. The smallest absolute Gasteiger partial charge is 0.302 e. The summed E-state index contributed by atoms with van der Waals surface area (Å²) in [5.41, 5.74) is 3.66. The van der Waals surface area contributed by atoms with E-state index in [1.54, 1.807) is 12.5 Å². The number of amides is 1. The number of carbonyl (C=O) groups is 2. The Morgan fingerprint density at radius 3 is 2.69 bits per heavy atom. The predicted octanol–water partition coefficient (Wildman–Crippen LogP) is 6.33. The van der Waals surface area contributed by atoms with Gasteiger partial charge in [0, 0.05) is 39.2 Å². The number of carbonyl (C=O) groups excluding carboxylic acids is 2. The van der Waals surface area contributed by atoms with Crippen molar-refractivity contribution >= 4 is 11.9 Å². The van der Waals surface area contributed by atoms with E-state index in [0.717, 1.165) is 56.4 Å². The fourth-order valence-electron chi connectivity index (χ4n) is 9.34. The molecule has 1 amide bonds. The second-order valence-electron chi connectivity index (χ2n) is 13.3. The molecule has 5 aliphatic rings. The summed E-state index contributed by atoms with van der Waals surface area (Å²) in [7, 11) is 0. The fourth-order valence-corrected chi connectivity index (χ4v) is 9.34. The Bertz CT molecular complexity index is 968. The zero-order valence-corrected chi connectivity index (χ0v) is 23.3. The highest BCUT2D eigenvalue weighted by Gasteiger charge is 2.63. The lowest BCUT2D eigenvalue weighted by Gasteiger charge is -2.58. The van der Waals surface area contributed by atoms with Gasteiger partial charge in [0.05, 0.1) is 5.76 Å². The molecule has 0 spiro atoms. The maximum absolute atomic E-state index is 11.5. The zero-order chi connectivity index (χ0) is 25.8. The molecular weight excluding hydrogens is 450 g/mol. The molecule has 36 heavy (non-hydrogen) atoms. The Morgan fingerprint density at radius 2 is 1.97 bits per heavy atom. The summed E-state index contributed by atoms with van der Waals surface area (Å²) in [4.78, 5) is 22.8. The average molecular weight is 498 g/mol. The van der Waals surface area contributed by atoms with Gasteiger partial charge in [-0.1, -0.05) is 32.4 Å². The van der Waals surface area contributed by atoms with Crippen molar-refractivity contribution < 1.29 is 19.1 Å². The molecule has 5 nitrogen and oxygen atoms in total. The van der Waals surface area contributed by atoms with E-state index in [2.05, 4.69) is 39.1 Å². The Kier molecular flexibility index (Phi) is 6.83. The molecule has 0 aromatic rings. The minimum atomic E-state index is -0.145. The first-order chi connectivity index (χ1) is 17.0. The highest BCUT2D eigenvalue weighted by atomic mass is 16.5. The Hall–Kier alpha value is -1.78. The van der Waals surface area contributed by atoms with Gasteiger partial charge in [-0.05, 0) is 91.9 Å². The van der Waals surface area contributed by atoms with Crippen LogP contribution in [0.3, 0.4) is 0 Å². The van der Waals surface area contributed by atoms with E-state index in [1.165, 1.54) is 43.9 Å². The molecule has 200 valence electrons. The molecule has 3 fully saturated rings. The lowest BCUT2D eigenvalue weighted by Crippen LogP contribution is -2.50. The van der Waals surface area contributed by atoms with Gasteiger partial charge in [0.15, 0.2) is 0 Å². The molecule has 0 aromatic heterocycles. The molecule has 5 rings (SSSR count). The van der Waals surface area contributed by atoms with E-state index < -0.39 is 0 Å². The van der Waals surface area contributed by atoms with Crippen LogP contribution in [-0.2, 0) is 19.1 Å². The lowest BCUT2D eigenvalue weighted by atomic mass is 9.47. The van der Waals surface area contributed by atoms with Gasteiger partial charge in [-0.15, -0.1) is 0 Å². The first-order valence-electron chi connectivity index (χ1n) is 14.5. The summed E-state index contributed by atoms with van der Waals surface area (Å²) in [6.45, 7) is 13.5. The number of rotatable bonds is 6. The van der Waals surface area contributed by atoms with Crippen LogP contribution in [0.5, 0.6) is 0 Å². The monoisotopic (exact) mass is 497 g/mol. The summed E-state index contributed by atoms with van der Waals surface area (Å²) in [6, 6.07) is 0. The van der Waals surface area contributed by atoms with Gasteiger partial charge in [0.1, 0.15) is 12.2 Å². The molecule has 1 N–H and O–H groups in total. The van der Waals surface area contributed by atoms with E-state index in [0.29, 0.717) is 23.4 Å². The topological polar surface area (TPSA) is 64.6 Å². The van der Waals surface area contributed by atoms with Crippen molar-refractivity contribution in [3.8, 4) is 0 Å². The van der Waals surface area contributed by atoms with E-state index in [-0.39, 0.29) is 23.4 Å². The molecule has 1 aliphatic heterocycles. The maximum atomic E-state index is 11.5. The van der Waals surface area contributed by atoms with Gasteiger partial charge in [0.25, 0.3) is 0 Å². The van der Waals surface area contributed by atoms with Crippen LogP contribution in [0.4, 0.5) is 0 Å². The largest absolute Gasteiger partial charge is 0.494 e. The second-order valence-corrected chi connectivity index (χ2v) is 13.3. The SMILES string of the molecule is CC(=O)NCC(C)CCC1=C(C)C2C(CC3C4CC=C5CC(OC(C)=O)CCC5(C)C4CCC32C)O1. The maximum Gasteiger partial charge on any atom is 0.302 e. The van der Waals surface area contributed by atoms with Crippen LogP contribution in [0.15, 0.2) is 23.0 Å². The van der Waals surface area contributed by atoms with Crippen LogP contribution in [0.2, 0.25) is 0 Å². The van der Waals surface area contributed by atoms with E-state index in [4.69, 9.17) is 9.47 Å². The van der Waals surface area contributed by atoms with E-state index >= 15 is 0 Å². The van der Waals surface area contributed by atoms with Gasteiger partial charge < -0.3 is 14.8 Å². The van der Waals surface area contributed by atoms with Crippen molar-refractivity contribution in [2.45, 2.75) is 112 Å². The molecule has 9 atom stereocenters. The molecular formula is C31H47NO4. The molecule has 0 aromatic carbocycles. The summed E-state index contributed by atoms with van der Waals surface area (Å²) in [5, 5.41) is 2.95. The van der Waals surface area contributed by atoms with E-state index in [9.17, 15) is 9.59 Å². The first kappa shape index (κ1) is 25.9. The number of esters is 1. The van der Waals surface area contributed by atoms with Crippen molar-refractivity contribution in [2.75, 3.05) is 6.54 Å². The lowest BCUT2D eigenvalue weighted by molar-refractivity contribution is -0.148. The van der Waals surface area contributed by atoms with Gasteiger partial charge in [-0.2, -0.15) is 0 Å². The highest BCUT2D eigenvalue weighted by molar-refractivity contribution is 5.72. The Labute approximate surface area is 217 Å². The molecule has 1 heterocycles. The molecule has 0 saturated heterocycles. The van der Waals surface area contributed by atoms with Crippen molar-refractivity contribution in [2.24, 2.45) is 40.4 Å². The molecule has 9 unspecified atom stereocenters. The van der Waals surface area contributed by atoms with Gasteiger partial charge in [-0.25, -0.2) is 0 Å². The molecule has 4 aliphatic carbocycles. The molecule has 0 bridgehead atoms. The summed E-state index contributed by atoms with van der Waals surface area (Å²) >= 11 is 0. The number of hydrogen-bond acceptors (Lipinski definition) is 4. The zero-order valence-electron chi connectivity index (χ0n) is 23.3. The quantitative estimate of drug-likeness (QED) is 0.344. The van der Waals surface area contributed by atoms with Gasteiger partial charge in [0.2, 0.25) is 5.91 Å². The number of allylic oxidation sites excluding steroid dienone is 2. The second kappa shape index (κ2) is 9.51. The number of ether oxygens (including phenoxy) is 2. The first-order valence-corrected chi connectivity index (χ1v) is 14.5. The summed E-state index contributed by atoms with van der Waals surface area (Å²) in [6.07, 6.45) is 13.0. The number of fused-ring (bicyclic) bond motifs is 7. The van der Waals surface area contributed by atoms with Crippen LogP contribution in [-0.4, -0.2) is 30.6 Å². The third-order valence-electron chi connectivity index (χ3n) is 11.2. The van der Waals surface area contributed by atoms with Gasteiger partial charge in [-0.3, -0.25) is 9.59 Å². The van der Waals surface area contributed by atoms with Crippen LogP contribution < -0.4 is 5.32 Å². The third-order valence-corrected chi connectivity index (χ3v) is 11.2. The van der Waals surface area contributed by atoms with E-state index in [1.807, 2.05) is 0 Å². The van der Waals surface area contributed by atoms with Crippen molar-refractivity contribution in [3.63, 3.8) is 0 Å². The molecule has 5 heteroatoms. The standard InChI is InChI=1S/C31H47NO4/c1-18(17-32-20(3)33)7-10-27-19(2)29-28(36-27)16-26-24-9-8-22-15-23(35-21(4)34)11-13-30(22,5)25(24)12-14-31(26,29)6/h8,18,23-26,28-29H,7,9-17H2,1-6H3,(H,32,33). The van der Waals surface area contributed by atoms with Crippen molar-refractivity contribution in [1.82, 2.24) is 5.32 Å². The van der Waals surface area contributed by atoms with Crippen molar-refractivity contribution in [3.05, 3.63) is 23.0 Å².